The van der Waals surface area contributed by atoms with Crippen molar-refractivity contribution in [3.05, 3.63) is 29.1 Å². The van der Waals surface area contributed by atoms with E-state index in [1.807, 2.05) is 6.92 Å². The van der Waals surface area contributed by atoms with Gasteiger partial charge in [0.25, 0.3) is 0 Å². The number of hydrogen-bond donors (Lipinski definition) is 2. The molecule has 7 nitrogen and oxygen atoms in total. The van der Waals surface area contributed by atoms with Crippen molar-refractivity contribution in [2.75, 3.05) is 6.61 Å². The number of amides is 1. The molecule has 30 heavy (non-hydrogen) atoms. The van der Waals surface area contributed by atoms with Gasteiger partial charge in [0.2, 0.25) is 0 Å². The summed E-state index contributed by atoms with van der Waals surface area (Å²) in [6.45, 7) is 2.09. The highest BCUT2D eigenvalue weighted by Gasteiger charge is 2.35. The largest absolute Gasteiger partial charge is 0.480 e. The second-order valence-electron chi connectivity index (χ2n) is 8.53. The van der Waals surface area contributed by atoms with Crippen LogP contribution in [0.4, 0.5) is 4.79 Å². The molecule has 1 amide bonds. The molecule has 1 aromatic heterocycles. The summed E-state index contributed by atoms with van der Waals surface area (Å²) in [5, 5.41) is 11.6. The van der Waals surface area contributed by atoms with E-state index in [1.165, 1.54) is 24.1 Å². The lowest BCUT2D eigenvalue weighted by atomic mass is 9.70. The molecule has 164 valence electrons. The lowest BCUT2D eigenvalue weighted by Gasteiger charge is -2.34. The van der Waals surface area contributed by atoms with E-state index < -0.39 is 18.1 Å². The van der Waals surface area contributed by atoms with Crippen LogP contribution in [0.15, 0.2) is 12.1 Å². The topological polar surface area (TPSA) is 106 Å². The maximum atomic E-state index is 12.4. The Morgan fingerprint density at radius 1 is 1.23 bits per heavy atom. The summed E-state index contributed by atoms with van der Waals surface area (Å²) < 4.78 is 4.86. The second kappa shape index (κ2) is 10.5. The Balaban J connectivity index is 1.40. The number of carboxylic acid groups (broad SMARTS) is 1. The van der Waals surface area contributed by atoms with Crippen molar-refractivity contribution in [1.82, 2.24) is 10.3 Å². The van der Waals surface area contributed by atoms with Crippen molar-refractivity contribution in [1.29, 1.82) is 0 Å². The van der Waals surface area contributed by atoms with E-state index >= 15 is 0 Å². The molecule has 0 saturated heterocycles. The van der Waals surface area contributed by atoms with Crippen molar-refractivity contribution < 1.29 is 24.2 Å². The maximum absolute atomic E-state index is 12.4. The molecule has 2 aliphatic rings. The number of carboxylic acids is 1. The van der Waals surface area contributed by atoms with Crippen LogP contribution in [0.5, 0.6) is 0 Å². The first kappa shape index (κ1) is 22.2. The summed E-state index contributed by atoms with van der Waals surface area (Å²) in [5.74, 6) is -0.611. The third-order valence-electron chi connectivity index (χ3n) is 6.13. The molecule has 3 rings (SSSR count). The summed E-state index contributed by atoms with van der Waals surface area (Å²) in [6, 6.07) is 3.23. The van der Waals surface area contributed by atoms with Crippen LogP contribution in [0.1, 0.15) is 68.8 Å². The standard InChI is InChI=1S/C23H32N2O5/c1-2-11-30-23(29)25-20(22(27)28)9-10-21(26)17-12-15(13-17)14-18-8-7-16-5-3-4-6-19(16)24-18/h7-8,15,17,20H,2-6,9-14H2,1H3,(H,25,29)(H,27,28)/t15?,17?,20-/m0/s1. The third-order valence-corrected chi connectivity index (χ3v) is 6.13. The van der Waals surface area contributed by atoms with Gasteiger partial charge in [0.05, 0.1) is 6.61 Å². The van der Waals surface area contributed by atoms with Gasteiger partial charge >= 0.3 is 12.1 Å². The Morgan fingerprint density at radius 2 is 2.00 bits per heavy atom. The summed E-state index contributed by atoms with van der Waals surface area (Å²) in [5.41, 5.74) is 3.74. The van der Waals surface area contributed by atoms with Crippen molar-refractivity contribution in [3.8, 4) is 0 Å². The average molecular weight is 417 g/mol. The number of pyridine rings is 1. The minimum absolute atomic E-state index is 0.00545. The molecule has 1 atom stereocenters. The first-order valence-corrected chi connectivity index (χ1v) is 11.1. The smallest absolute Gasteiger partial charge is 0.407 e. The molecule has 0 spiro atoms. The molecule has 1 heterocycles. The van der Waals surface area contributed by atoms with Crippen molar-refractivity contribution >= 4 is 17.8 Å². The van der Waals surface area contributed by atoms with Gasteiger partial charge in [0.1, 0.15) is 11.8 Å². The Labute approximate surface area is 177 Å². The second-order valence-corrected chi connectivity index (χ2v) is 8.53. The predicted octanol–water partition coefficient (Wildman–Crippen LogP) is 3.47. The highest BCUT2D eigenvalue weighted by atomic mass is 16.5. The van der Waals surface area contributed by atoms with Crippen molar-refractivity contribution in [2.45, 2.75) is 77.2 Å². The van der Waals surface area contributed by atoms with Gasteiger partial charge < -0.3 is 15.2 Å². The molecule has 0 aliphatic heterocycles. The van der Waals surface area contributed by atoms with E-state index in [4.69, 9.17) is 9.72 Å². The first-order valence-electron chi connectivity index (χ1n) is 11.1. The molecule has 0 unspecified atom stereocenters. The fraction of sp³-hybridized carbons (Fsp3) is 0.652. The molecule has 0 radical (unpaired) electrons. The number of nitrogens with zero attached hydrogens (tertiary/aromatic N) is 1. The summed E-state index contributed by atoms with van der Waals surface area (Å²) in [7, 11) is 0. The van der Waals surface area contributed by atoms with Crippen LogP contribution in [0, 0.1) is 11.8 Å². The number of ketones is 1. The molecule has 0 bridgehead atoms. The van der Waals surface area contributed by atoms with Crippen LogP contribution >= 0.6 is 0 Å². The van der Waals surface area contributed by atoms with Gasteiger partial charge in [-0.25, -0.2) is 9.59 Å². The minimum Gasteiger partial charge on any atom is -0.480 e. The lowest BCUT2D eigenvalue weighted by molar-refractivity contribution is -0.139. The lowest BCUT2D eigenvalue weighted by Crippen LogP contribution is -2.42. The van der Waals surface area contributed by atoms with E-state index in [-0.39, 0.29) is 31.1 Å². The quantitative estimate of drug-likeness (QED) is 0.605. The molecular weight excluding hydrogens is 384 g/mol. The number of ether oxygens (including phenoxy) is 1. The van der Waals surface area contributed by atoms with Crippen LogP contribution in [0.2, 0.25) is 0 Å². The first-order chi connectivity index (χ1) is 14.5. The van der Waals surface area contributed by atoms with Crippen LogP contribution in [0.25, 0.3) is 0 Å². The monoisotopic (exact) mass is 416 g/mol. The van der Waals surface area contributed by atoms with Gasteiger partial charge in [-0.05, 0) is 75.3 Å². The third kappa shape index (κ3) is 6.03. The number of nitrogens with one attached hydrogen (secondary N) is 1. The summed E-state index contributed by atoms with van der Waals surface area (Å²) in [6.07, 6.45) is 7.38. The molecule has 7 heteroatoms. The number of aliphatic carboxylic acids is 1. The molecule has 1 aromatic rings. The Morgan fingerprint density at radius 3 is 2.73 bits per heavy atom. The highest BCUT2D eigenvalue weighted by Crippen LogP contribution is 2.37. The Bertz CT molecular complexity index is 773. The molecule has 0 aromatic carbocycles. The van der Waals surface area contributed by atoms with Crippen LogP contribution < -0.4 is 5.32 Å². The fourth-order valence-electron chi connectivity index (χ4n) is 4.33. The van der Waals surface area contributed by atoms with Gasteiger partial charge in [-0.2, -0.15) is 0 Å². The molecule has 2 aliphatic carbocycles. The zero-order valence-corrected chi connectivity index (χ0v) is 17.7. The Kier molecular flexibility index (Phi) is 7.82. The molecule has 2 N–H and O–H groups in total. The molecule has 1 fully saturated rings. The van der Waals surface area contributed by atoms with Crippen LogP contribution in [-0.4, -0.2) is 40.6 Å². The zero-order valence-electron chi connectivity index (χ0n) is 17.7. The predicted molar refractivity (Wildman–Crippen MR) is 111 cm³/mol. The van der Waals surface area contributed by atoms with E-state index in [2.05, 4.69) is 17.4 Å². The van der Waals surface area contributed by atoms with E-state index in [9.17, 15) is 19.5 Å². The fourth-order valence-corrected chi connectivity index (χ4v) is 4.33. The summed E-state index contributed by atoms with van der Waals surface area (Å²) in [4.78, 5) is 40.2. The maximum Gasteiger partial charge on any atom is 0.407 e. The van der Waals surface area contributed by atoms with Gasteiger partial charge in [-0.15, -0.1) is 0 Å². The normalized spacial score (nSPS) is 21.1. The number of rotatable bonds is 10. The SMILES string of the molecule is CCCOC(=O)N[C@@H](CCC(=O)C1CC(Cc2ccc3c(n2)CCCC3)C1)C(=O)O. The summed E-state index contributed by atoms with van der Waals surface area (Å²) >= 11 is 0. The highest BCUT2D eigenvalue weighted by molar-refractivity contribution is 5.84. The molecular formula is C23H32N2O5. The van der Waals surface area contributed by atoms with Crippen LogP contribution in [0.3, 0.4) is 0 Å². The number of fused-ring (bicyclic) bond motifs is 1. The van der Waals surface area contributed by atoms with E-state index in [1.54, 1.807) is 0 Å². The number of Topliss-reactive ketones (excluding diaryl/α,β-unsaturated/α-hetero) is 1. The van der Waals surface area contributed by atoms with E-state index in [0.717, 1.165) is 37.8 Å². The average Bonchev–Trinajstić information content (AvgIpc) is 2.71. The minimum atomic E-state index is -1.15. The van der Waals surface area contributed by atoms with E-state index in [0.29, 0.717) is 12.3 Å². The van der Waals surface area contributed by atoms with Gasteiger partial charge in [0.15, 0.2) is 0 Å². The number of carbonyl (C=O) groups is 3. The number of carbonyl (C=O) groups excluding carboxylic acids is 2. The van der Waals surface area contributed by atoms with Gasteiger partial charge in [-0.3, -0.25) is 9.78 Å². The number of hydrogen-bond acceptors (Lipinski definition) is 5. The number of aryl methyl sites for hydroxylation is 2. The van der Waals surface area contributed by atoms with Crippen LogP contribution in [-0.2, 0) is 33.6 Å². The van der Waals surface area contributed by atoms with Crippen molar-refractivity contribution in [2.24, 2.45) is 11.8 Å². The molecule has 1 saturated carbocycles. The number of alkyl carbamates (subject to hydrolysis) is 1. The van der Waals surface area contributed by atoms with Gasteiger partial charge in [0, 0.05) is 23.7 Å². The Hall–Kier alpha value is -2.44. The zero-order chi connectivity index (χ0) is 21.5. The van der Waals surface area contributed by atoms with Crippen molar-refractivity contribution in [3.63, 3.8) is 0 Å². The number of aromatic nitrogens is 1. The van der Waals surface area contributed by atoms with Gasteiger partial charge in [-0.1, -0.05) is 13.0 Å².